The molecule has 9 heteroatoms. The van der Waals surface area contributed by atoms with E-state index in [1.807, 2.05) is 17.0 Å². The fourth-order valence-electron chi connectivity index (χ4n) is 2.46. The van der Waals surface area contributed by atoms with E-state index in [9.17, 15) is 4.79 Å². The first-order valence-electron chi connectivity index (χ1n) is 7.78. The van der Waals surface area contributed by atoms with E-state index in [2.05, 4.69) is 26.0 Å². The van der Waals surface area contributed by atoms with Gasteiger partial charge in [0.05, 0.1) is 24.9 Å². The number of ether oxygens (including phenoxy) is 1. The van der Waals surface area contributed by atoms with Crippen LogP contribution in [0.5, 0.6) is 0 Å². The molecule has 1 aliphatic heterocycles. The van der Waals surface area contributed by atoms with Crippen molar-refractivity contribution in [3.8, 4) is 0 Å². The Labute approximate surface area is 139 Å². The van der Waals surface area contributed by atoms with Crippen LogP contribution >= 0.6 is 0 Å². The molecular formula is C15H20N6O3. The molecule has 2 N–H and O–H groups in total. The molecule has 0 bridgehead atoms. The van der Waals surface area contributed by atoms with Gasteiger partial charge in [0, 0.05) is 31.9 Å². The maximum Gasteiger partial charge on any atom is 0.240 e. The summed E-state index contributed by atoms with van der Waals surface area (Å²) in [6.45, 7) is 4.65. The minimum absolute atomic E-state index is 0.0129. The van der Waals surface area contributed by atoms with Crippen molar-refractivity contribution in [1.82, 2.24) is 20.3 Å². The molecule has 0 spiro atoms. The van der Waals surface area contributed by atoms with Gasteiger partial charge in [0.2, 0.25) is 11.8 Å². The molecule has 0 aromatic carbocycles. The van der Waals surface area contributed by atoms with E-state index >= 15 is 0 Å². The van der Waals surface area contributed by atoms with Crippen molar-refractivity contribution in [2.24, 2.45) is 0 Å². The number of morpholine rings is 1. The molecule has 2 aromatic heterocycles. The van der Waals surface area contributed by atoms with Crippen LogP contribution in [0.15, 0.2) is 28.9 Å². The van der Waals surface area contributed by atoms with E-state index in [0.717, 1.165) is 5.69 Å². The zero-order valence-electron chi connectivity index (χ0n) is 13.4. The van der Waals surface area contributed by atoms with Gasteiger partial charge < -0.3 is 14.6 Å². The molecule has 1 fully saturated rings. The lowest BCUT2D eigenvalue weighted by Gasteiger charge is -2.32. The van der Waals surface area contributed by atoms with Crippen molar-refractivity contribution in [3.05, 3.63) is 30.1 Å². The van der Waals surface area contributed by atoms with Gasteiger partial charge in [-0.1, -0.05) is 5.16 Å². The molecule has 1 saturated heterocycles. The van der Waals surface area contributed by atoms with Gasteiger partial charge in [-0.2, -0.15) is 5.10 Å². The average Bonchev–Trinajstić information content (AvgIpc) is 2.99. The second-order valence-electron chi connectivity index (χ2n) is 5.60. The molecule has 3 rings (SSSR count). The highest BCUT2D eigenvalue weighted by Gasteiger charge is 2.22. The van der Waals surface area contributed by atoms with E-state index < -0.39 is 0 Å². The average molecular weight is 332 g/mol. The summed E-state index contributed by atoms with van der Waals surface area (Å²) in [4.78, 5) is 14.1. The molecule has 0 radical (unpaired) electrons. The summed E-state index contributed by atoms with van der Waals surface area (Å²) in [5.41, 5.74) is 0.729. The number of hydrogen-bond donors (Lipinski definition) is 2. The van der Waals surface area contributed by atoms with Gasteiger partial charge in [-0.3, -0.25) is 15.0 Å². The van der Waals surface area contributed by atoms with Crippen LogP contribution < -0.4 is 10.6 Å². The highest BCUT2D eigenvalue weighted by atomic mass is 16.5. The summed E-state index contributed by atoms with van der Waals surface area (Å²) in [7, 11) is 0. The molecule has 24 heavy (non-hydrogen) atoms. The third kappa shape index (κ3) is 4.74. The van der Waals surface area contributed by atoms with Crippen LogP contribution in [0.25, 0.3) is 0 Å². The van der Waals surface area contributed by atoms with E-state index in [-0.39, 0.29) is 18.6 Å². The normalized spacial score (nSPS) is 18.3. The largest absolute Gasteiger partial charge is 0.374 e. The Bertz CT molecular complexity index is 662. The van der Waals surface area contributed by atoms with E-state index in [4.69, 9.17) is 9.26 Å². The number of nitrogens with zero attached hydrogens (tertiary/aromatic N) is 4. The van der Waals surface area contributed by atoms with Crippen LogP contribution in [-0.2, 0) is 9.53 Å². The first kappa shape index (κ1) is 16.3. The molecule has 2 aromatic rings. The predicted octanol–water partition coefficient (Wildman–Crippen LogP) is 0.524. The van der Waals surface area contributed by atoms with Crippen molar-refractivity contribution in [3.63, 3.8) is 0 Å². The van der Waals surface area contributed by atoms with Gasteiger partial charge in [0.25, 0.3) is 0 Å². The number of carbonyl (C=O) groups is 1. The van der Waals surface area contributed by atoms with Gasteiger partial charge in [-0.25, -0.2) is 0 Å². The summed E-state index contributed by atoms with van der Waals surface area (Å²) in [5.74, 6) is 0.942. The number of aryl methyl sites for hydroxylation is 1. The lowest BCUT2D eigenvalue weighted by Crippen LogP contribution is -2.47. The first-order chi connectivity index (χ1) is 11.7. The minimum atomic E-state index is -0.131. The highest BCUT2D eigenvalue weighted by Crippen LogP contribution is 2.10. The van der Waals surface area contributed by atoms with Crippen molar-refractivity contribution in [2.75, 3.05) is 43.4 Å². The molecule has 1 aliphatic rings. The molecule has 1 unspecified atom stereocenters. The van der Waals surface area contributed by atoms with Gasteiger partial charge >= 0.3 is 0 Å². The van der Waals surface area contributed by atoms with Gasteiger partial charge in [-0.05, 0) is 19.1 Å². The SMILES string of the molecule is Cc1cc(NC(=O)CN2CCOC(CNc3cccnn3)C2)on1. The van der Waals surface area contributed by atoms with Crippen molar-refractivity contribution in [1.29, 1.82) is 0 Å². The molecule has 1 amide bonds. The Morgan fingerprint density at radius 2 is 2.42 bits per heavy atom. The van der Waals surface area contributed by atoms with Crippen LogP contribution in [0.4, 0.5) is 11.7 Å². The molecule has 9 nitrogen and oxygen atoms in total. The van der Waals surface area contributed by atoms with Gasteiger partial charge in [0.15, 0.2) is 0 Å². The van der Waals surface area contributed by atoms with Crippen LogP contribution in [0.2, 0.25) is 0 Å². The molecule has 1 atom stereocenters. The zero-order valence-corrected chi connectivity index (χ0v) is 13.4. The molecule has 0 aliphatic carbocycles. The Balaban J connectivity index is 1.44. The summed E-state index contributed by atoms with van der Waals surface area (Å²) < 4.78 is 10.7. The number of hydrogen-bond acceptors (Lipinski definition) is 8. The molecule has 0 saturated carbocycles. The topological polar surface area (TPSA) is 105 Å². The summed E-state index contributed by atoms with van der Waals surface area (Å²) in [6, 6.07) is 5.35. The summed E-state index contributed by atoms with van der Waals surface area (Å²) in [5, 5.41) is 17.4. The van der Waals surface area contributed by atoms with Gasteiger partial charge in [-0.15, -0.1) is 5.10 Å². The number of amides is 1. The summed E-state index contributed by atoms with van der Waals surface area (Å²) in [6.07, 6.45) is 1.61. The number of rotatable bonds is 6. The van der Waals surface area contributed by atoms with Crippen LogP contribution in [0, 0.1) is 6.92 Å². The summed E-state index contributed by atoms with van der Waals surface area (Å²) >= 11 is 0. The van der Waals surface area contributed by atoms with Crippen LogP contribution in [0.1, 0.15) is 5.69 Å². The fraction of sp³-hybridized carbons (Fsp3) is 0.467. The van der Waals surface area contributed by atoms with Crippen LogP contribution in [0.3, 0.4) is 0 Å². The fourth-order valence-corrected chi connectivity index (χ4v) is 2.46. The maximum absolute atomic E-state index is 12.1. The van der Waals surface area contributed by atoms with E-state index in [1.165, 1.54) is 0 Å². The Hall–Kier alpha value is -2.52. The monoisotopic (exact) mass is 332 g/mol. The lowest BCUT2D eigenvalue weighted by molar-refractivity contribution is -0.119. The van der Waals surface area contributed by atoms with Crippen molar-refractivity contribution >= 4 is 17.6 Å². The lowest BCUT2D eigenvalue weighted by atomic mass is 10.2. The minimum Gasteiger partial charge on any atom is -0.374 e. The Kier molecular flexibility index (Phi) is 5.34. The third-order valence-corrected chi connectivity index (χ3v) is 3.56. The van der Waals surface area contributed by atoms with Crippen LogP contribution in [-0.4, -0.2) is 65.1 Å². The molecular weight excluding hydrogens is 312 g/mol. The predicted molar refractivity (Wildman–Crippen MR) is 86.6 cm³/mol. The van der Waals surface area contributed by atoms with Gasteiger partial charge in [0.1, 0.15) is 5.82 Å². The number of aromatic nitrogens is 3. The Morgan fingerprint density at radius 1 is 1.50 bits per heavy atom. The quantitative estimate of drug-likeness (QED) is 0.789. The second-order valence-corrected chi connectivity index (χ2v) is 5.60. The van der Waals surface area contributed by atoms with E-state index in [1.54, 1.807) is 19.2 Å². The zero-order chi connectivity index (χ0) is 16.8. The first-order valence-corrected chi connectivity index (χ1v) is 7.78. The maximum atomic E-state index is 12.1. The Morgan fingerprint density at radius 3 is 3.17 bits per heavy atom. The smallest absolute Gasteiger partial charge is 0.240 e. The molecule has 3 heterocycles. The highest BCUT2D eigenvalue weighted by molar-refractivity contribution is 5.90. The second kappa shape index (κ2) is 7.84. The number of carbonyl (C=O) groups excluding carboxylic acids is 1. The third-order valence-electron chi connectivity index (χ3n) is 3.56. The number of anilines is 2. The number of nitrogens with one attached hydrogen (secondary N) is 2. The van der Waals surface area contributed by atoms with Crippen molar-refractivity contribution < 1.29 is 14.1 Å². The molecule has 128 valence electrons. The standard InChI is InChI=1S/C15H20N6O3/c1-11-7-15(24-20-11)18-14(22)10-21-5-6-23-12(9-21)8-16-13-3-2-4-17-19-13/h2-4,7,12H,5-6,8-10H2,1H3,(H,16,19)(H,18,22). The van der Waals surface area contributed by atoms with E-state index in [0.29, 0.717) is 37.9 Å². The van der Waals surface area contributed by atoms with Crippen molar-refractivity contribution in [2.45, 2.75) is 13.0 Å².